The number of pyridine rings is 2. The Morgan fingerprint density at radius 2 is 1.86 bits per heavy atom. The molecule has 0 bridgehead atoms. The normalized spacial score (nSPS) is 18.4. The van der Waals surface area contributed by atoms with Crippen molar-refractivity contribution in [1.82, 2.24) is 9.97 Å². The maximum Gasteiger partial charge on any atom is 0.409 e. The van der Waals surface area contributed by atoms with Crippen molar-refractivity contribution >= 4 is 34.3 Å². The number of aryl methyl sites for hydroxylation is 1. The van der Waals surface area contributed by atoms with Gasteiger partial charge in [0.05, 0.1) is 18.9 Å². The van der Waals surface area contributed by atoms with Crippen LogP contribution in [0.1, 0.15) is 18.1 Å². The number of fused-ring (bicyclic) bond motifs is 1. The number of carboxylic acid groups (broad SMARTS) is 1. The van der Waals surface area contributed by atoms with Crippen molar-refractivity contribution in [3.05, 3.63) is 84.3 Å². The predicted molar refractivity (Wildman–Crippen MR) is 142 cm³/mol. The molecule has 5 rings (SSSR count). The smallest absolute Gasteiger partial charge is 0.409 e. The summed E-state index contributed by atoms with van der Waals surface area (Å²) in [7, 11) is 0. The number of amides is 2. The molecule has 0 spiro atoms. The number of nitrogens with one attached hydrogen (secondary N) is 2. The highest BCUT2D eigenvalue weighted by molar-refractivity contribution is 6.04. The number of hydrogen-bond acceptors (Lipinski definition) is 5. The quantitative estimate of drug-likeness (QED) is 0.287. The second-order valence-corrected chi connectivity index (χ2v) is 9.47. The summed E-state index contributed by atoms with van der Waals surface area (Å²) >= 11 is 0. The molecule has 3 atom stereocenters. The van der Waals surface area contributed by atoms with Crippen molar-refractivity contribution in [3.63, 3.8) is 0 Å². The van der Waals surface area contributed by atoms with Gasteiger partial charge in [0, 0.05) is 35.5 Å². The van der Waals surface area contributed by atoms with E-state index in [4.69, 9.17) is 4.74 Å². The molecule has 1 aliphatic rings. The number of rotatable bonds is 8. The molecule has 8 heteroatoms. The molecule has 2 heterocycles. The van der Waals surface area contributed by atoms with Gasteiger partial charge in [0.15, 0.2) is 0 Å². The first-order valence-corrected chi connectivity index (χ1v) is 12.2. The monoisotopic (exact) mass is 496 g/mol. The Balaban J connectivity index is 1.32. The molecule has 3 unspecified atom stereocenters. The molecule has 2 amide bonds. The van der Waals surface area contributed by atoms with Crippen LogP contribution in [-0.2, 0) is 16.1 Å². The van der Waals surface area contributed by atoms with Gasteiger partial charge in [-0.3, -0.25) is 15.1 Å². The number of ether oxygens (including phenoxy) is 1. The highest BCUT2D eigenvalue weighted by atomic mass is 16.5. The summed E-state index contributed by atoms with van der Waals surface area (Å²) < 4.78 is 5.86. The highest BCUT2D eigenvalue weighted by Crippen LogP contribution is 2.46. The zero-order valence-corrected chi connectivity index (χ0v) is 20.6. The van der Waals surface area contributed by atoms with Crippen LogP contribution < -0.4 is 10.6 Å². The van der Waals surface area contributed by atoms with Crippen molar-refractivity contribution in [2.45, 2.75) is 20.5 Å². The number of anilines is 2. The van der Waals surface area contributed by atoms with Gasteiger partial charge in [-0.1, -0.05) is 37.3 Å². The summed E-state index contributed by atoms with van der Waals surface area (Å²) in [6.45, 7) is 5.08. The molecule has 8 nitrogen and oxygen atoms in total. The fraction of sp³-hybridized carbons (Fsp3) is 0.241. The van der Waals surface area contributed by atoms with Gasteiger partial charge >= 0.3 is 6.09 Å². The Hall–Kier alpha value is -4.30. The van der Waals surface area contributed by atoms with Crippen LogP contribution in [0.15, 0.2) is 73.2 Å². The SMILES string of the molecule is Cc1ccncc1-c1cc(NC(=O)O)c2cnc(NC(=O)C3C(C)C3COCc3ccccc3)cc2c1. The van der Waals surface area contributed by atoms with E-state index >= 15 is 0 Å². The van der Waals surface area contributed by atoms with Gasteiger partial charge in [-0.15, -0.1) is 0 Å². The molecule has 3 N–H and O–H groups in total. The first kappa shape index (κ1) is 24.4. The molecule has 1 aliphatic carbocycles. The Morgan fingerprint density at radius 3 is 2.62 bits per heavy atom. The predicted octanol–water partition coefficient (Wildman–Crippen LogP) is 5.73. The van der Waals surface area contributed by atoms with Gasteiger partial charge in [-0.25, -0.2) is 9.78 Å². The molecule has 0 saturated heterocycles. The molecular weight excluding hydrogens is 468 g/mol. The van der Waals surface area contributed by atoms with Crippen molar-refractivity contribution < 1.29 is 19.4 Å². The lowest BCUT2D eigenvalue weighted by Gasteiger charge is -2.13. The third-order valence-corrected chi connectivity index (χ3v) is 6.97. The van der Waals surface area contributed by atoms with Crippen molar-refractivity contribution in [1.29, 1.82) is 0 Å². The van der Waals surface area contributed by atoms with E-state index in [-0.39, 0.29) is 23.7 Å². The molecule has 2 aromatic heterocycles. The van der Waals surface area contributed by atoms with E-state index in [1.165, 1.54) is 0 Å². The second kappa shape index (κ2) is 10.4. The number of aromatic nitrogens is 2. The molecule has 37 heavy (non-hydrogen) atoms. The van der Waals surface area contributed by atoms with Crippen LogP contribution in [0.2, 0.25) is 0 Å². The minimum atomic E-state index is -1.16. The lowest BCUT2D eigenvalue weighted by atomic mass is 9.99. The van der Waals surface area contributed by atoms with E-state index in [9.17, 15) is 14.7 Å². The topological polar surface area (TPSA) is 113 Å². The fourth-order valence-electron chi connectivity index (χ4n) is 4.80. The third kappa shape index (κ3) is 5.44. The molecule has 0 radical (unpaired) electrons. The summed E-state index contributed by atoms with van der Waals surface area (Å²) in [5.41, 5.74) is 4.25. The van der Waals surface area contributed by atoms with Gasteiger partial charge in [-0.05, 0) is 65.1 Å². The Bertz CT molecular complexity index is 1460. The average Bonchev–Trinajstić information content (AvgIpc) is 3.53. The molecule has 1 saturated carbocycles. The van der Waals surface area contributed by atoms with Gasteiger partial charge in [0.25, 0.3) is 0 Å². The fourth-order valence-corrected chi connectivity index (χ4v) is 4.80. The largest absolute Gasteiger partial charge is 0.465 e. The molecule has 2 aromatic carbocycles. The van der Waals surface area contributed by atoms with Gasteiger partial charge in [-0.2, -0.15) is 0 Å². The van der Waals surface area contributed by atoms with Gasteiger partial charge in [0.2, 0.25) is 5.91 Å². The van der Waals surface area contributed by atoms with Crippen molar-refractivity contribution in [2.24, 2.45) is 17.8 Å². The van der Waals surface area contributed by atoms with Crippen LogP contribution in [0.5, 0.6) is 0 Å². The highest BCUT2D eigenvalue weighted by Gasteiger charge is 2.51. The zero-order chi connectivity index (χ0) is 25.9. The Kier molecular flexibility index (Phi) is 6.83. The molecule has 188 valence electrons. The molecule has 4 aromatic rings. The summed E-state index contributed by atoms with van der Waals surface area (Å²) in [6.07, 6.45) is 3.88. The van der Waals surface area contributed by atoms with E-state index in [0.717, 1.165) is 27.6 Å². The van der Waals surface area contributed by atoms with Gasteiger partial charge < -0.3 is 15.2 Å². The zero-order valence-electron chi connectivity index (χ0n) is 20.6. The van der Waals surface area contributed by atoms with Gasteiger partial charge in [0.1, 0.15) is 5.82 Å². The van der Waals surface area contributed by atoms with Crippen molar-refractivity contribution in [2.75, 3.05) is 17.2 Å². The van der Waals surface area contributed by atoms with E-state index in [0.29, 0.717) is 30.1 Å². The van der Waals surface area contributed by atoms with Crippen LogP contribution in [0, 0.1) is 24.7 Å². The number of hydrogen-bond donors (Lipinski definition) is 3. The first-order chi connectivity index (χ1) is 17.9. The number of carbonyl (C=O) groups excluding carboxylic acids is 1. The summed E-state index contributed by atoms with van der Waals surface area (Å²) in [5, 5.41) is 16.1. The van der Waals surface area contributed by atoms with Crippen LogP contribution in [-0.4, -0.2) is 33.7 Å². The maximum absolute atomic E-state index is 13.0. The van der Waals surface area contributed by atoms with E-state index in [1.807, 2.05) is 49.4 Å². The maximum atomic E-state index is 13.0. The Morgan fingerprint density at radius 1 is 1.05 bits per heavy atom. The average molecular weight is 497 g/mol. The van der Waals surface area contributed by atoms with E-state index < -0.39 is 6.09 Å². The molecular formula is C29H28N4O4. The summed E-state index contributed by atoms with van der Waals surface area (Å²) in [6, 6.07) is 17.4. The minimum absolute atomic E-state index is 0.0872. The number of carbonyl (C=O) groups is 2. The minimum Gasteiger partial charge on any atom is -0.465 e. The second-order valence-electron chi connectivity index (χ2n) is 9.47. The molecule has 0 aliphatic heterocycles. The standard InChI is InChI=1S/C29H28N4O4/c1-17-8-9-30-13-22(17)20-10-21-12-26(31-14-23(21)25(11-20)32-29(35)36)33-28(34)27-18(2)24(27)16-37-15-19-6-4-3-5-7-19/h3-14,18,24,27,32H,15-16H2,1-2H3,(H,35,36)(H,31,33,34). The van der Waals surface area contributed by atoms with E-state index in [1.54, 1.807) is 30.7 Å². The lowest BCUT2D eigenvalue weighted by Crippen LogP contribution is -2.17. The van der Waals surface area contributed by atoms with Crippen LogP contribution in [0.25, 0.3) is 21.9 Å². The number of benzene rings is 2. The Labute approximate surface area is 214 Å². The summed E-state index contributed by atoms with van der Waals surface area (Å²) in [5.74, 6) is 0.582. The third-order valence-electron chi connectivity index (χ3n) is 6.97. The molecule has 1 fully saturated rings. The first-order valence-electron chi connectivity index (χ1n) is 12.2. The van der Waals surface area contributed by atoms with Crippen molar-refractivity contribution in [3.8, 4) is 11.1 Å². The lowest BCUT2D eigenvalue weighted by molar-refractivity contribution is -0.118. The summed E-state index contributed by atoms with van der Waals surface area (Å²) in [4.78, 5) is 33.0. The van der Waals surface area contributed by atoms with Crippen LogP contribution in [0.3, 0.4) is 0 Å². The number of nitrogens with zero attached hydrogens (tertiary/aromatic N) is 2. The van der Waals surface area contributed by atoms with Crippen LogP contribution >= 0.6 is 0 Å². The van der Waals surface area contributed by atoms with E-state index in [2.05, 4.69) is 27.5 Å². The van der Waals surface area contributed by atoms with Crippen LogP contribution in [0.4, 0.5) is 16.3 Å².